The summed E-state index contributed by atoms with van der Waals surface area (Å²) in [4.78, 5) is 18.1. The molecule has 1 aliphatic rings. The first kappa shape index (κ1) is 14.6. The lowest BCUT2D eigenvalue weighted by Gasteiger charge is -2.36. The second-order valence-electron chi connectivity index (χ2n) is 5.55. The Morgan fingerprint density at radius 2 is 1.95 bits per heavy atom. The van der Waals surface area contributed by atoms with Crippen molar-refractivity contribution >= 4 is 12.1 Å². The van der Waals surface area contributed by atoms with Gasteiger partial charge in [-0.2, -0.15) is 10.2 Å². The van der Waals surface area contributed by atoms with Gasteiger partial charge in [0.05, 0.1) is 30.2 Å². The van der Waals surface area contributed by atoms with E-state index in [1.807, 2.05) is 26.0 Å². The SMILES string of the molecule is C[C@@H]1CN(c2ncc(-c3ccnnc3)cc2C=O)C[C@H](C)O1. The van der Waals surface area contributed by atoms with Gasteiger partial charge in [-0.25, -0.2) is 4.98 Å². The lowest BCUT2D eigenvalue weighted by molar-refractivity contribution is -0.00549. The van der Waals surface area contributed by atoms with E-state index in [1.54, 1.807) is 18.6 Å². The number of ether oxygens (including phenoxy) is 1. The molecule has 1 saturated heterocycles. The minimum absolute atomic E-state index is 0.120. The maximum atomic E-state index is 11.5. The normalized spacial score (nSPS) is 21.6. The number of anilines is 1. The van der Waals surface area contributed by atoms with Crippen LogP contribution >= 0.6 is 0 Å². The van der Waals surface area contributed by atoms with Crippen molar-refractivity contribution in [3.63, 3.8) is 0 Å². The number of carbonyl (C=O) groups is 1. The zero-order chi connectivity index (χ0) is 15.5. The average molecular weight is 298 g/mol. The van der Waals surface area contributed by atoms with Gasteiger partial charge in [-0.15, -0.1) is 0 Å². The van der Waals surface area contributed by atoms with Crippen LogP contribution in [0.25, 0.3) is 11.1 Å². The summed E-state index contributed by atoms with van der Waals surface area (Å²) in [6.45, 7) is 5.52. The van der Waals surface area contributed by atoms with E-state index in [0.717, 1.165) is 30.5 Å². The molecular weight excluding hydrogens is 280 g/mol. The molecule has 0 spiro atoms. The van der Waals surface area contributed by atoms with Crippen LogP contribution in [0.15, 0.2) is 30.7 Å². The Labute approximate surface area is 129 Å². The Balaban J connectivity index is 1.94. The number of pyridine rings is 1. The fourth-order valence-corrected chi connectivity index (χ4v) is 2.80. The summed E-state index contributed by atoms with van der Waals surface area (Å²) in [6, 6.07) is 3.69. The third kappa shape index (κ3) is 2.96. The van der Waals surface area contributed by atoms with Crippen LogP contribution in [-0.2, 0) is 4.74 Å². The van der Waals surface area contributed by atoms with E-state index in [4.69, 9.17) is 4.74 Å². The Hall–Kier alpha value is -2.34. The van der Waals surface area contributed by atoms with Crippen LogP contribution in [0.4, 0.5) is 5.82 Å². The van der Waals surface area contributed by atoms with Crippen molar-refractivity contribution < 1.29 is 9.53 Å². The highest BCUT2D eigenvalue weighted by Gasteiger charge is 2.25. The predicted molar refractivity (Wildman–Crippen MR) is 82.9 cm³/mol. The third-order valence-electron chi connectivity index (χ3n) is 3.66. The number of rotatable bonds is 3. The van der Waals surface area contributed by atoms with E-state index in [-0.39, 0.29) is 12.2 Å². The first-order valence-corrected chi connectivity index (χ1v) is 7.30. The van der Waals surface area contributed by atoms with Gasteiger partial charge in [0.2, 0.25) is 0 Å². The van der Waals surface area contributed by atoms with E-state index < -0.39 is 0 Å². The number of hydrogen-bond acceptors (Lipinski definition) is 6. The highest BCUT2D eigenvalue weighted by molar-refractivity contribution is 5.85. The molecule has 2 aromatic heterocycles. The zero-order valence-corrected chi connectivity index (χ0v) is 12.6. The van der Waals surface area contributed by atoms with Crippen molar-refractivity contribution in [2.45, 2.75) is 26.1 Å². The predicted octanol–water partition coefficient (Wildman–Crippen LogP) is 1.96. The molecule has 114 valence electrons. The van der Waals surface area contributed by atoms with Crippen molar-refractivity contribution in [1.82, 2.24) is 15.2 Å². The summed E-state index contributed by atoms with van der Waals surface area (Å²) in [5.74, 6) is 0.711. The van der Waals surface area contributed by atoms with Gasteiger partial charge >= 0.3 is 0 Å². The van der Waals surface area contributed by atoms with E-state index in [0.29, 0.717) is 11.4 Å². The van der Waals surface area contributed by atoms with Crippen LogP contribution in [0.1, 0.15) is 24.2 Å². The summed E-state index contributed by atoms with van der Waals surface area (Å²) < 4.78 is 5.73. The molecule has 0 N–H and O–H groups in total. The van der Waals surface area contributed by atoms with Crippen molar-refractivity contribution in [1.29, 1.82) is 0 Å². The molecule has 2 aromatic rings. The van der Waals surface area contributed by atoms with E-state index in [2.05, 4.69) is 20.1 Å². The third-order valence-corrected chi connectivity index (χ3v) is 3.66. The van der Waals surface area contributed by atoms with Crippen LogP contribution in [0, 0.1) is 0 Å². The summed E-state index contributed by atoms with van der Waals surface area (Å²) in [6.07, 6.45) is 6.14. The second-order valence-corrected chi connectivity index (χ2v) is 5.55. The van der Waals surface area contributed by atoms with Crippen molar-refractivity contribution in [2.24, 2.45) is 0 Å². The minimum Gasteiger partial charge on any atom is -0.372 e. The first-order valence-electron chi connectivity index (χ1n) is 7.30. The molecule has 6 nitrogen and oxygen atoms in total. The topological polar surface area (TPSA) is 68.2 Å². The maximum Gasteiger partial charge on any atom is 0.153 e. The monoisotopic (exact) mass is 298 g/mol. The molecule has 3 rings (SSSR count). The van der Waals surface area contributed by atoms with Gasteiger partial charge < -0.3 is 9.64 Å². The van der Waals surface area contributed by atoms with E-state index in [9.17, 15) is 4.79 Å². The zero-order valence-electron chi connectivity index (χ0n) is 12.6. The smallest absolute Gasteiger partial charge is 0.153 e. The van der Waals surface area contributed by atoms with Crippen molar-refractivity contribution in [3.8, 4) is 11.1 Å². The molecule has 0 aliphatic carbocycles. The molecule has 22 heavy (non-hydrogen) atoms. The number of hydrogen-bond donors (Lipinski definition) is 0. The Morgan fingerprint density at radius 3 is 2.59 bits per heavy atom. The molecule has 1 fully saturated rings. The largest absolute Gasteiger partial charge is 0.372 e. The van der Waals surface area contributed by atoms with Crippen LogP contribution < -0.4 is 4.90 Å². The average Bonchev–Trinajstić information content (AvgIpc) is 2.54. The summed E-state index contributed by atoms with van der Waals surface area (Å²) in [7, 11) is 0. The van der Waals surface area contributed by atoms with Crippen molar-refractivity contribution in [2.75, 3.05) is 18.0 Å². The van der Waals surface area contributed by atoms with E-state index >= 15 is 0 Å². The molecule has 0 unspecified atom stereocenters. The van der Waals surface area contributed by atoms with Gasteiger partial charge in [0.1, 0.15) is 5.82 Å². The fourth-order valence-electron chi connectivity index (χ4n) is 2.80. The summed E-state index contributed by atoms with van der Waals surface area (Å²) in [5, 5.41) is 7.61. The maximum absolute atomic E-state index is 11.5. The number of aromatic nitrogens is 3. The van der Waals surface area contributed by atoms with E-state index in [1.165, 1.54) is 0 Å². The fraction of sp³-hybridized carbons (Fsp3) is 0.375. The molecule has 0 saturated carbocycles. The van der Waals surface area contributed by atoms with Gasteiger partial charge in [-0.1, -0.05) is 0 Å². The molecule has 0 radical (unpaired) electrons. The molecule has 0 amide bonds. The van der Waals surface area contributed by atoms with Gasteiger partial charge in [-0.05, 0) is 26.0 Å². The Kier molecular flexibility index (Phi) is 4.11. The molecule has 3 heterocycles. The molecule has 0 aromatic carbocycles. The molecule has 0 bridgehead atoms. The number of morpholine rings is 1. The Morgan fingerprint density at radius 1 is 1.18 bits per heavy atom. The molecule has 2 atom stereocenters. The summed E-state index contributed by atoms with van der Waals surface area (Å²) >= 11 is 0. The van der Waals surface area contributed by atoms with Gasteiger partial charge in [-0.3, -0.25) is 4.79 Å². The first-order chi connectivity index (χ1) is 10.7. The van der Waals surface area contributed by atoms with Gasteiger partial charge in [0.25, 0.3) is 0 Å². The number of nitrogens with zero attached hydrogens (tertiary/aromatic N) is 4. The lowest BCUT2D eigenvalue weighted by atomic mass is 10.1. The lowest BCUT2D eigenvalue weighted by Crippen LogP contribution is -2.46. The van der Waals surface area contributed by atoms with Crippen LogP contribution in [0.2, 0.25) is 0 Å². The van der Waals surface area contributed by atoms with Crippen molar-refractivity contribution in [3.05, 3.63) is 36.3 Å². The number of carbonyl (C=O) groups excluding carboxylic acids is 1. The van der Waals surface area contributed by atoms with Crippen LogP contribution in [0.5, 0.6) is 0 Å². The van der Waals surface area contributed by atoms with Gasteiger partial charge in [0.15, 0.2) is 6.29 Å². The molecule has 1 aliphatic heterocycles. The quantitative estimate of drug-likeness (QED) is 0.807. The summed E-state index contributed by atoms with van der Waals surface area (Å²) in [5.41, 5.74) is 2.33. The standard InChI is InChI=1S/C16H18N4O2/c1-11-8-20(9-12(2)22-11)16-15(10-21)5-14(6-17-16)13-3-4-18-19-7-13/h3-7,10-12H,8-9H2,1-2H3/t11-,12+. The minimum atomic E-state index is 0.120. The van der Waals surface area contributed by atoms with Crippen LogP contribution in [-0.4, -0.2) is 46.8 Å². The number of aldehydes is 1. The molecule has 6 heteroatoms. The van der Waals surface area contributed by atoms with Gasteiger partial charge in [0, 0.05) is 30.4 Å². The van der Waals surface area contributed by atoms with Crippen LogP contribution in [0.3, 0.4) is 0 Å². The highest BCUT2D eigenvalue weighted by atomic mass is 16.5. The molecular formula is C16H18N4O2. The Bertz CT molecular complexity index is 652. The second kappa shape index (κ2) is 6.19. The highest BCUT2D eigenvalue weighted by Crippen LogP contribution is 2.25.